The Kier molecular flexibility index (Phi) is 9.52. The molecule has 0 spiro atoms. The third-order valence-corrected chi connectivity index (χ3v) is 5.49. The van der Waals surface area contributed by atoms with E-state index >= 15 is 0 Å². The SMILES string of the molecule is CCO[Si](CCCN=CC(C)(C)C)(OCC)OCC. The lowest BCUT2D eigenvalue weighted by Gasteiger charge is -2.28. The molecule has 114 valence electrons. The molecule has 0 atom stereocenters. The first-order chi connectivity index (χ1) is 8.89. The first kappa shape index (κ1) is 18.8. The van der Waals surface area contributed by atoms with Crippen LogP contribution in [0, 0.1) is 5.41 Å². The Morgan fingerprint density at radius 1 is 0.947 bits per heavy atom. The standard InChI is InChI=1S/C14H31NO3Si/c1-7-16-19(17-8-2,18-9-3)12-10-11-15-13-14(4,5)6/h13H,7-12H2,1-6H3. The first-order valence-electron chi connectivity index (χ1n) is 7.32. The van der Waals surface area contributed by atoms with Gasteiger partial charge in [-0.3, -0.25) is 4.99 Å². The average molecular weight is 289 g/mol. The molecule has 0 radical (unpaired) electrons. The van der Waals surface area contributed by atoms with Crippen molar-refractivity contribution in [1.29, 1.82) is 0 Å². The van der Waals surface area contributed by atoms with Crippen LogP contribution >= 0.6 is 0 Å². The lowest BCUT2D eigenvalue weighted by molar-refractivity contribution is 0.0710. The summed E-state index contributed by atoms with van der Waals surface area (Å²) in [7, 11) is -2.47. The van der Waals surface area contributed by atoms with Crippen LogP contribution in [0.4, 0.5) is 0 Å². The first-order valence-corrected chi connectivity index (χ1v) is 9.25. The number of aliphatic imine (C=N–C) groups is 1. The fourth-order valence-electron chi connectivity index (χ4n) is 1.73. The predicted octanol–water partition coefficient (Wildman–Crippen LogP) is 3.54. The second-order valence-electron chi connectivity index (χ2n) is 5.49. The lowest BCUT2D eigenvalue weighted by atomic mass is 9.99. The molecule has 0 unspecified atom stereocenters. The molecule has 0 saturated heterocycles. The van der Waals surface area contributed by atoms with Gasteiger partial charge in [0.2, 0.25) is 0 Å². The molecule has 19 heavy (non-hydrogen) atoms. The van der Waals surface area contributed by atoms with Crippen LogP contribution in [-0.4, -0.2) is 41.4 Å². The van der Waals surface area contributed by atoms with Gasteiger partial charge in [-0.05, 0) is 32.6 Å². The molecule has 0 aliphatic heterocycles. The molecule has 0 aliphatic carbocycles. The summed E-state index contributed by atoms with van der Waals surface area (Å²) in [5.41, 5.74) is 0.147. The number of hydrogen-bond donors (Lipinski definition) is 0. The minimum absolute atomic E-state index is 0.147. The fourth-order valence-corrected chi connectivity index (χ4v) is 4.32. The van der Waals surface area contributed by atoms with E-state index in [9.17, 15) is 0 Å². The third kappa shape index (κ3) is 9.32. The van der Waals surface area contributed by atoms with Crippen molar-refractivity contribution in [1.82, 2.24) is 0 Å². The van der Waals surface area contributed by atoms with Crippen LogP contribution in [0.2, 0.25) is 6.04 Å². The van der Waals surface area contributed by atoms with E-state index in [0.717, 1.165) is 19.0 Å². The van der Waals surface area contributed by atoms with Crippen molar-refractivity contribution < 1.29 is 13.3 Å². The van der Waals surface area contributed by atoms with Crippen LogP contribution < -0.4 is 0 Å². The van der Waals surface area contributed by atoms with Crippen molar-refractivity contribution in [3.8, 4) is 0 Å². The predicted molar refractivity (Wildman–Crippen MR) is 82.9 cm³/mol. The molecule has 0 saturated carbocycles. The Bertz CT molecular complexity index is 235. The zero-order chi connectivity index (χ0) is 14.8. The normalized spacial score (nSPS) is 13.4. The van der Waals surface area contributed by atoms with Crippen molar-refractivity contribution in [2.75, 3.05) is 26.4 Å². The van der Waals surface area contributed by atoms with E-state index in [1.165, 1.54) is 0 Å². The molecule has 0 heterocycles. The molecule has 0 amide bonds. The number of hydrogen-bond acceptors (Lipinski definition) is 4. The van der Waals surface area contributed by atoms with E-state index in [-0.39, 0.29) is 5.41 Å². The molecular weight excluding hydrogens is 258 g/mol. The van der Waals surface area contributed by atoms with E-state index in [0.29, 0.717) is 19.8 Å². The van der Waals surface area contributed by atoms with Gasteiger partial charge in [0, 0.05) is 38.6 Å². The van der Waals surface area contributed by atoms with Crippen LogP contribution in [0.5, 0.6) is 0 Å². The maximum atomic E-state index is 5.80. The zero-order valence-corrected chi connectivity index (χ0v) is 14.5. The minimum Gasteiger partial charge on any atom is -0.374 e. The van der Waals surface area contributed by atoms with Gasteiger partial charge < -0.3 is 13.3 Å². The number of rotatable bonds is 10. The molecule has 5 heteroatoms. The summed E-state index contributed by atoms with van der Waals surface area (Å²) in [5.74, 6) is 0. The van der Waals surface area contributed by atoms with E-state index in [1.807, 2.05) is 27.0 Å². The molecule has 0 aromatic carbocycles. The Morgan fingerprint density at radius 3 is 1.79 bits per heavy atom. The van der Waals surface area contributed by atoms with Crippen molar-refractivity contribution in [2.24, 2.45) is 10.4 Å². The smallest absolute Gasteiger partial charge is 0.374 e. The lowest BCUT2D eigenvalue weighted by Crippen LogP contribution is -2.46. The Balaban J connectivity index is 4.28. The fraction of sp³-hybridized carbons (Fsp3) is 0.929. The molecule has 0 rings (SSSR count). The van der Waals surface area contributed by atoms with E-state index in [2.05, 4.69) is 25.8 Å². The Hall–Kier alpha value is -0.233. The van der Waals surface area contributed by atoms with Crippen LogP contribution in [0.25, 0.3) is 0 Å². The van der Waals surface area contributed by atoms with Gasteiger partial charge in [-0.2, -0.15) is 0 Å². The summed E-state index contributed by atoms with van der Waals surface area (Å²) in [6, 6.07) is 0.837. The highest BCUT2D eigenvalue weighted by Crippen LogP contribution is 2.18. The van der Waals surface area contributed by atoms with Gasteiger partial charge in [0.1, 0.15) is 0 Å². The van der Waals surface area contributed by atoms with Crippen LogP contribution in [0.3, 0.4) is 0 Å². The van der Waals surface area contributed by atoms with Crippen LogP contribution in [0.1, 0.15) is 48.0 Å². The average Bonchev–Trinajstić information content (AvgIpc) is 2.28. The van der Waals surface area contributed by atoms with Gasteiger partial charge in [0.05, 0.1) is 0 Å². The third-order valence-electron chi connectivity index (χ3n) is 2.34. The zero-order valence-electron chi connectivity index (χ0n) is 13.5. The molecule has 0 aromatic heterocycles. The largest absolute Gasteiger partial charge is 0.500 e. The highest BCUT2D eigenvalue weighted by Gasteiger charge is 2.39. The van der Waals surface area contributed by atoms with Crippen LogP contribution in [-0.2, 0) is 13.3 Å². The van der Waals surface area contributed by atoms with E-state index in [1.54, 1.807) is 0 Å². The number of nitrogens with zero attached hydrogens (tertiary/aromatic N) is 1. The highest BCUT2D eigenvalue weighted by molar-refractivity contribution is 6.60. The van der Waals surface area contributed by atoms with Gasteiger partial charge in [-0.15, -0.1) is 0 Å². The van der Waals surface area contributed by atoms with Gasteiger partial charge in [0.25, 0.3) is 0 Å². The molecule has 4 nitrogen and oxygen atoms in total. The summed E-state index contributed by atoms with van der Waals surface area (Å²) >= 11 is 0. The Morgan fingerprint density at radius 2 is 1.42 bits per heavy atom. The molecular formula is C14H31NO3Si. The van der Waals surface area contributed by atoms with Crippen molar-refractivity contribution >= 4 is 15.0 Å². The second-order valence-corrected chi connectivity index (χ2v) is 8.22. The summed E-state index contributed by atoms with van der Waals surface area (Å²) in [5, 5.41) is 0. The molecule has 0 fully saturated rings. The van der Waals surface area contributed by atoms with E-state index < -0.39 is 8.80 Å². The van der Waals surface area contributed by atoms with Crippen molar-refractivity contribution in [3.05, 3.63) is 0 Å². The highest BCUT2D eigenvalue weighted by atomic mass is 28.4. The maximum absolute atomic E-state index is 5.80. The minimum atomic E-state index is -2.47. The van der Waals surface area contributed by atoms with E-state index in [4.69, 9.17) is 13.3 Å². The quantitative estimate of drug-likeness (QED) is 0.351. The van der Waals surface area contributed by atoms with Gasteiger partial charge in [-0.1, -0.05) is 20.8 Å². The maximum Gasteiger partial charge on any atom is 0.500 e. The molecule has 0 aromatic rings. The van der Waals surface area contributed by atoms with Gasteiger partial charge >= 0.3 is 8.80 Å². The van der Waals surface area contributed by atoms with Gasteiger partial charge in [-0.25, -0.2) is 0 Å². The Labute approximate surface area is 119 Å². The van der Waals surface area contributed by atoms with Crippen LogP contribution in [0.15, 0.2) is 4.99 Å². The van der Waals surface area contributed by atoms with Gasteiger partial charge in [0.15, 0.2) is 0 Å². The van der Waals surface area contributed by atoms with Crippen molar-refractivity contribution in [2.45, 2.75) is 54.0 Å². The monoisotopic (exact) mass is 289 g/mol. The molecule has 0 bridgehead atoms. The molecule has 0 aliphatic rings. The summed E-state index contributed by atoms with van der Waals surface area (Å²) in [6.07, 6.45) is 2.96. The molecule has 0 N–H and O–H groups in total. The summed E-state index contributed by atoms with van der Waals surface area (Å²) in [6.45, 7) is 15.1. The second kappa shape index (κ2) is 9.64. The van der Waals surface area contributed by atoms with Crippen molar-refractivity contribution in [3.63, 3.8) is 0 Å². The summed E-state index contributed by atoms with van der Waals surface area (Å²) < 4.78 is 17.4. The topological polar surface area (TPSA) is 40.0 Å². The summed E-state index contributed by atoms with van der Waals surface area (Å²) in [4.78, 5) is 4.46.